The topological polar surface area (TPSA) is 20.2 Å². The van der Waals surface area contributed by atoms with E-state index in [4.69, 9.17) is 8.92 Å². The number of halogens is 1. The summed E-state index contributed by atoms with van der Waals surface area (Å²) in [6.45, 7) is 12.3. The second-order valence-corrected chi connectivity index (χ2v) is 22.2. The zero-order chi connectivity index (χ0) is 11.7. The predicted octanol–water partition coefficient (Wildman–Crippen LogP) is 3.57. The number of aliphatic hydroxyl groups is 1. The van der Waals surface area contributed by atoms with Crippen molar-refractivity contribution in [1.29, 1.82) is 0 Å². The summed E-state index contributed by atoms with van der Waals surface area (Å²) in [5.74, 6) is 0.116. The molecule has 0 aromatic rings. The molecule has 0 radical (unpaired) electrons. The molecule has 1 N–H and O–H groups in total. The molecule has 0 aromatic carbocycles. The van der Waals surface area contributed by atoms with E-state index in [9.17, 15) is 5.11 Å². The first-order chi connectivity index (χ1) is 5.98. The van der Waals surface area contributed by atoms with Crippen molar-refractivity contribution in [2.24, 2.45) is 11.3 Å². The Labute approximate surface area is 96.1 Å². The Morgan fingerprint density at radius 3 is 1.79 bits per heavy atom. The van der Waals surface area contributed by atoms with Gasteiger partial charge in [-0.1, -0.05) is 0 Å². The van der Waals surface area contributed by atoms with Crippen LogP contribution in [0.3, 0.4) is 0 Å². The van der Waals surface area contributed by atoms with Crippen LogP contribution in [0.1, 0.15) is 27.7 Å². The first-order valence-electron chi connectivity index (χ1n) is 5.04. The van der Waals surface area contributed by atoms with Crippen LogP contribution in [0.25, 0.3) is 0 Å². The van der Waals surface area contributed by atoms with Gasteiger partial charge in [0, 0.05) is 0 Å². The molecular formula is C11H23ClOSn. The molecule has 3 heteroatoms. The van der Waals surface area contributed by atoms with Gasteiger partial charge in [-0.25, -0.2) is 0 Å². The molecule has 0 heterocycles. The molecule has 0 saturated carbocycles. The summed E-state index contributed by atoms with van der Waals surface area (Å²) in [5, 5.41) is 9.80. The second kappa shape index (κ2) is 4.75. The fourth-order valence-corrected chi connectivity index (χ4v) is 6.73. The van der Waals surface area contributed by atoms with Crippen molar-refractivity contribution in [2.45, 2.75) is 43.7 Å². The maximum absolute atomic E-state index is 9.80. The molecule has 0 aliphatic rings. The van der Waals surface area contributed by atoms with Crippen LogP contribution in [-0.4, -0.2) is 28.5 Å². The van der Waals surface area contributed by atoms with E-state index in [0.29, 0.717) is 0 Å². The molecule has 2 atom stereocenters. The standard InChI is InChI=1S/C9H17O.2CH3.ClH.Sn/c1-6-8(7(2)10)9(3,4)5;;;;/h7-8,10H,1H2,2-5H3;2*1H3;1H;/q;;;;+1/p-1/t7-,8+;;;;/m0..../s1. The fourth-order valence-electron chi connectivity index (χ4n) is 1.91. The van der Waals surface area contributed by atoms with Gasteiger partial charge in [0.1, 0.15) is 0 Å². The third-order valence-electron chi connectivity index (χ3n) is 2.55. The number of hydrogen-bond donors (Lipinski definition) is 1. The van der Waals surface area contributed by atoms with Gasteiger partial charge in [0.25, 0.3) is 0 Å². The van der Waals surface area contributed by atoms with Crippen LogP contribution >= 0.6 is 8.92 Å². The molecule has 0 unspecified atom stereocenters. The molecule has 0 aromatic heterocycles. The normalized spacial score (nSPS) is 17.7. The Kier molecular flexibility index (Phi) is 5.02. The Hall–Kier alpha value is 0.789. The zero-order valence-corrected chi connectivity index (χ0v) is 13.8. The summed E-state index contributed by atoms with van der Waals surface area (Å²) < 4.78 is 1.11. The summed E-state index contributed by atoms with van der Waals surface area (Å²) in [6, 6.07) is 0. The Bertz CT molecular complexity index is 210. The quantitative estimate of drug-likeness (QED) is 0.787. The molecule has 0 bridgehead atoms. The average molecular weight is 325 g/mol. The summed E-state index contributed by atoms with van der Waals surface area (Å²) in [6.07, 6.45) is -0.364. The van der Waals surface area contributed by atoms with Crippen molar-refractivity contribution >= 4 is 26.2 Å². The van der Waals surface area contributed by atoms with Crippen LogP contribution < -0.4 is 0 Å². The monoisotopic (exact) mass is 326 g/mol. The summed E-state index contributed by atoms with van der Waals surface area (Å²) in [5.41, 5.74) is 0.0360. The van der Waals surface area contributed by atoms with Crippen LogP contribution in [0.4, 0.5) is 0 Å². The van der Waals surface area contributed by atoms with Crippen molar-refractivity contribution < 1.29 is 5.11 Å². The van der Waals surface area contributed by atoms with E-state index >= 15 is 0 Å². The second-order valence-electron chi connectivity index (χ2n) is 5.58. The minimum absolute atomic E-state index is 0.0360. The average Bonchev–Trinajstić information content (AvgIpc) is 1.79. The number of hydrogen-bond acceptors (Lipinski definition) is 1. The first kappa shape index (κ1) is 14.8. The summed E-state index contributed by atoms with van der Waals surface area (Å²) in [4.78, 5) is 4.25. The fraction of sp³-hybridized carbons (Fsp3) is 0.818. The van der Waals surface area contributed by atoms with E-state index in [0.717, 1.165) is 3.59 Å². The van der Waals surface area contributed by atoms with Gasteiger partial charge in [0.05, 0.1) is 0 Å². The SMILES string of the molecule is C=[C]([C@H]([C@H](C)O)C(C)(C)C)[Sn]([CH3])([CH3])[Cl]. The van der Waals surface area contributed by atoms with Gasteiger partial charge >= 0.3 is 96.5 Å². The van der Waals surface area contributed by atoms with E-state index < -0.39 is 17.3 Å². The van der Waals surface area contributed by atoms with Crippen molar-refractivity contribution in [3.05, 3.63) is 10.2 Å². The number of rotatable bonds is 3. The van der Waals surface area contributed by atoms with Gasteiger partial charge < -0.3 is 0 Å². The van der Waals surface area contributed by atoms with E-state index in [2.05, 4.69) is 37.2 Å². The Balaban J connectivity index is 4.97. The van der Waals surface area contributed by atoms with Gasteiger partial charge in [-0.05, 0) is 0 Å². The minimum atomic E-state index is -2.60. The summed E-state index contributed by atoms with van der Waals surface area (Å²) >= 11 is -2.60. The molecular weight excluding hydrogens is 302 g/mol. The molecule has 0 spiro atoms. The van der Waals surface area contributed by atoms with Crippen molar-refractivity contribution in [1.82, 2.24) is 0 Å². The first-order valence-corrected chi connectivity index (χ1v) is 15.8. The van der Waals surface area contributed by atoms with Gasteiger partial charge in [0.2, 0.25) is 0 Å². The van der Waals surface area contributed by atoms with Crippen LogP contribution in [0, 0.1) is 11.3 Å². The van der Waals surface area contributed by atoms with Gasteiger partial charge in [-0.15, -0.1) is 0 Å². The van der Waals surface area contributed by atoms with Crippen LogP contribution in [0.2, 0.25) is 9.88 Å². The van der Waals surface area contributed by atoms with E-state index in [1.807, 2.05) is 6.92 Å². The third-order valence-corrected chi connectivity index (χ3v) is 9.43. The number of aliphatic hydroxyl groups excluding tert-OH is 1. The molecule has 0 aliphatic heterocycles. The van der Waals surface area contributed by atoms with Crippen LogP contribution in [0.5, 0.6) is 0 Å². The van der Waals surface area contributed by atoms with Crippen molar-refractivity contribution in [3.8, 4) is 0 Å². The van der Waals surface area contributed by atoms with Crippen LogP contribution in [0.15, 0.2) is 10.2 Å². The molecule has 0 amide bonds. The van der Waals surface area contributed by atoms with Crippen molar-refractivity contribution in [3.63, 3.8) is 0 Å². The molecule has 14 heavy (non-hydrogen) atoms. The molecule has 0 rings (SSSR count). The molecule has 0 saturated heterocycles. The van der Waals surface area contributed by atoms with Gasteiger partial charge in [-0.2, -0.15) is 0 Å². The van der Waals surface area contributed by atoms with E-state index in [1.54, 1.807) is 0 Å². The van der Waals surface area contributed by atoms with E-state index in [1.165, 1.54) is 0 Å². The Morgan fingerprint density at radius 1 is 1.36 bits per heavy atom. The van der Waals surface area contributed by atoms with Gasteiger partial charge in [0.15, 0.2) is 0 Å². The summed E-state index contributed by atoms with van der Waals surface area (Å²) in [7, 11) is 6.43. The molecule has 1 nitrogen and oxygen atoms in total. The van der Waals surface area contributed by atoms with Crippen molar-refractivity contribution in [2.75, 3.05) is 0 Å². The molecule has 0 fully saturated rings. The molecule has 84 valence electrons. The Morgan fingerprint density at radius 2 is 1.71 bits per heavy atom. The predicted molar refractivity (Wildman–Crippen MR) is 67.1 cm³/mol. The van der Waals surface area contributed by atoms with E-state index in [-0.39, 0.29) is 17.4 Å². The molecule has 0 aliphatic carbocycles. The maximum atomic E-state index is 9.80. The zero-order valence-electron chi connectivity index (χ0n) is 10.2. The van der Waals surface area contributed by atoms with Gasteiger partial charge in [-0.3, -0.25) is 0 Å². The third kappa shape index (κ3) is 4.11. The van der Waals surface area contributed by atoms with Crippen LogP contribution in [-0.2, 0) is 0 Å².